The van der Waals surface area contributed by atoms with Gasteiger partial charge in [-0.3, -0.25) is 10.2 Å². The lowest BCUT2D eigenvalue weighted by molar-refractivity contribution is -0.0997. The number of nitrogens with zero attached hydrogens (tertiary/aromatic N) is 3. The number of carbonyl (C=O) groups is 1. The van der Waals surface area contributed by atoms with E-state index in [1.54, 1.807) is 5.06 Å². The van der Waals surface area contributed by atoms with E-state index < -0.39 is 6.09 Å². The Morgan fingerprint density at radius 2 is 1.84 bits per heavy atom. The molecule has 3 aliphatic rings. The Labute approximate surface area is 184 Å². The van der Waals surface area contributed by atoms with Crippen LogP contribution in [0.1, 0.15) is 42.9 Å². The van der Waals surface area contributed by atoms with Crippen LogP contribution in [0.25, 0.3) is 0 Å². The van der Waals surface area contributed by atoms with Gasteiger partial charge in [0.25, 0.3) is 0 Å². The molecule has 2 fully saturated rings. The second-order valence-electron chi connectivity index (χ2n) is 9.19. The summed E-state index contributed by atoms with van der Waals surface area (Å²) in [7, 11) is 0. The minimum atomic E-state index is -0.437. The SMILES string of the molecule is Cc1cc(N2CCC(N3CCCC3C)C2)ccc1NC(=O)ON1Cc2ccccc2C1. The van der Waals surface area contributed by atoms with E-state index in [9.17, 15) is 4.79 Å². The van der Waals surface area contributed by atoms with Gasteiger partial charge in [0.2, 0.25) is 0 Å². The maximum absolute atomic E-state index is 12.4. The first-order chi connectivity index (χ1) is 15.1. The fourth-order valence-electron chi connectivity index (χ4n) is 5.35. The number of benzene rings is 2. The number of likely N-dealkylation sites (tertiary alicyclic amines) is 1. The van der Waals surface area contributed by atoms with Crippen molar-refractivity contribution in [2.45, 2.75) is 58.3 Å². The van der Waals surface area contributed by atoms with Gasteiger partial charge in [-0.15, -0.1) is 5.06 Å². The van der Waals surface area contributed by atoms with Crippen LogP contribution in [0.5, 0.6) is 0 Å². The van der Waals surface area contributed by atoms with Crippen LogP contribution in [0.4, 0.5) is 16.2 Å². The summed E-state index contributed by atoms with van der Waals surface area (Å²) in [5, 5.41) is 4.61. The van der Waals surface area contributed by atoms with Crippen LogP contribution < -0.4 is 10.2 Å². The van der Waals surface area contributed by atoms with Crippen LogP contribution in [0.2, 0.25) is 0 Å². The molecular formula is C25H32N4O2. The van der Waals surface area contributed by atoms with Crippen LogP contribution >= 0.6 is 0 Å². The third-order valence-corrected chi connectivity index (χ3v) is 7.07. The smallest absolute Gasteiger partial charge is 0.370 e. The average molecular weight is 421 g/mol. The Hall–Kier alpha value is -2.57. The highest BCUT2D eigenvalue weighted by Crippen LogP contribution is 2.30. The summed E-state index contributed by atoms with van der Waals surface area (Å²) in [4.78, 5) is 23.1. The molecule has 0 bridgehead atoms. The number of hydrogen-bond donors (Lipinski definition) is 1. The molecule has 0 saturated carbocycles. The lowest BCUT2D eigenvalue weighted by atomic mass is 10.1. The van der Waals surface area contributed by atoms with Gasteiger partial charge in [-0.2, -0.15) is 0 Å². The van der Waals surface area contributed by atoms with Crippen molar-refractivity contribution in [2.24, 2.45) is 0 Å². The van der Waals surface area contributed by atoms with E-state index in [0.717, 1.165) is 24.3 Å². The molecular weight excluding hydrogens is 388 g/mol. The molecule has 2 atom stereocenters. The van der Waals surface area contributed by atoms with Gasteiger partial charge in [-0.25, -0.2) is 4.79 Å². The maximum Gasteiger partial charge on any atom is 0.430 e. The summed E-state index contributed by atoms with van der Waals surface area (Å²) in [6.07, 6.45) is 3.45. The number of hydrogen-bond acceptors (Lipinski definition) is 5. The van der Waals surface area contributed by atoms with Crippen LogP contribution in [-0.4, -0.2) is 47.8 Å². The number of aryl methyl sites for hydroxylation is 1. The van der Waals surface area contributed by atoms with Gasteiger partial charge in [0.15, 0.2) is 0 Å². The first-order valence-electron chi connectivity index (χ1n) is 11.5. The largest absolute Gasteiger partial charge is 0.430 e. The highest BCUT2D eigenvalue weighted by atomic mass is 16.7. The highest BCUT2D eigenvalue weighted by Gasteiger charge is 2.33. The predicted octanol–water partition coefficient (Wildman–Crippen LogP) is 4.54. The van der Waals surface area contributed by atoms with Crippen molar-refractivity contribution in [3.63, 3.8) is 0 Å². The summed E-state index contributed by atoms with van der Waals surface area (Å²) >= 11 is 0. The van der Waals surface area contributed by atoms with E-state index in [0.29, 0.717) is 25.2 Å². The average Bonchev–Trinajstić information content (AvgIpc) is 3.48. The van der Waals surface area contributed by atoms with Gasteiger partial charge >= 0.3 is 6.09 Å². The molecule has 3 heterocycles. The Morgan fingerprint density at radius 1 is 1.06 bits per heavy atom. The van der Waals surface area contributed by atoms with E-state index in [2.05, 4.69) is 46.3 Å². The molecule has 1 N–H and O–H groups in total. The predicted molar refractivity (Wildman–Crippen MR) is 123 cm³/mol. The first-order valence-corrected chi connectivity index (χ1v) is 11.5. The van der Waals surface area contributed by atoms with E-state index in [4.69, 9.17) is 4.84 Å². The Kier molecular flexibility index (Phi) is 5.59. The molecule has 0 spiro atoms. The zero-order chi connectivity index (χ0) is 21.4. The number of amides is 1. The van der Waals surface area contributed by atoms with Gasteiger partial charge in [-0.05, 0) is 74.5 Å². The zero-order valence-corrected chi connectivity index (χ0v) is 18.5. The van der Waals surface area contributed by atoms with Crippen molar-refractivity contribution < 1.29 is 9.63 Å². The van der Waals surface area contributed by atoms with E-state index in [1.165, 1.54) is 42.6 Å². The lowest BCUT2D eigenvalue weighted by Crippen LogP contribution is -2.39. The summed E-state index contributed by atoms with van der Waals surface area (Å²) in [5.74, 6) is 0. The quantitative estimate of drug-likeness (QED) is 0.787. The summed E-state index contributed by atoms with van der Waals surface area (Å²) in [5.41, 5.74) is 5.51. The van der Waals surface area contributed by atoms with Gasteiger partial charge in [0.05, 0.1) is 13.1 Å². The Bertz CT molecular complexity index is 937. The summed E-state index contributed by atoms with van der Waals surface area (Å²) in [6, 6.07) is 15.9. The molecule has 6 heteroatoms. The first kappa shape index (κ1) is 20.3. The summed E-state index contributed by atoms with van der Waals surface area (Å²) < 4.78 is 0. The van der Waals surface area contributed by atoms with Crippen LogP contribution in [0, 0.1) is 6.92 Å². The number of carbonyl (C=O) groups excluding carboxylic acids is 1. The molecule has 2 saturated heterocycles. The Balaban J connectivity index is 1.17. The standard InChI is InChI=1S/C25H32N4O2/c1-18-14-22(27-13-11-23(17-27)29-12-5-6-19(29)2)9-10-24(18)26-25(30)31-28-15-20-7-3-4-8-21(20)16-28/h3-4,7-10,14,19,23H,5-6,11-13,15-17H2,1-2H3,(H,26,30). The molecule has 0 aromatic heterocycles. The van der Waals surface area contributed by atoms with Gasteiger partial charge in [-0.1, -0.05) is 24.3 Å². The van der Waals surface area contributed by atoms with Gasteiger partial charge < -0.3 is 9.74 Å². The van der Waals surface area contributed by atoms with Crippen molar-refractivity contribution >= 4 is 17.5 Å². The molecule has 2 aromatic carbocycles. The third kappa shape index (κ3) is 4.27. The lowest BCUT2D eigenvalue weighted by Gasteiger charge is -2.28. The van der Waals surface area contributed by atoms with E-state index >= 15 is 0 Å². The topological polar surface area (TPSA) is 48.1 Å². The molecule has 5 rings (SSSR count). The van der Waals surface area contributed by atoms with Crippen LogP contribution in [0.3, 0.4) is 0 Å². The van der Waals surface area contributed by atoms with Crippen LogP contribution in [0.15, 0.2) is 42.5 Å². The monoisotopic (exact) mass is 420 g/mol. The number of nitrogens with one attached hydrogen (secondary N) is 1. The fraction of sp³-hybridized carbons (Fsp3) is 0.480. The summed E-state index contributed by atoms with van der Waals surface area (Å²) in [6.45, 7) is 9.10. The van der Waals surface area contributed by atoms with E-state index in [1.807, 2.05) is 25.1 Å². The molecule has 164 valence electrons. The van der Waals surface area contributed by atoms with E-state index in [-0.39, 0.29) is 0 Å². The molecule has 0 aliphatic carbocycles. The molecule has 6 nitrogen and oxygen atoms in total. The number of fused-ring (bicyclic) bond motifs is 1. The minimum absolute atomic E-state index is 0.437. The maximum atomic E-state index is 12.4. The minimum Gasteiger partial charge on any atom is -0.370 e. The molecule has 3 aliphatic heterocycles. The number of hydroxylamine groups is 2. The molecule has 2 unspecified atom stereocenters. The molecule has 0 radical (unpaired) electrons. The van der Waals surface area contributed by atoms with Crippen molar-refractivity contribution in [1.29, 1.82) is 0 Å². The van der Waals surface area contributed by atoms with Crippen molar-refractivity contribution in [3.05, 3.63) is 59.2 Å². The van der Waals surface area contributed by atoms with Crippen molar-refractivity contribution in [1.82, 2.24) is 9.96 Å². The second-order valence-corrected chi connectivity index (χ2v) is 9.19. The highest BCUT2D eigenvalue weighted by molar-refractivity contribution is 5.86. The van der Waals surface area contributed by atoms with Gasteiger partial charge in [0.1, 0.15) is 0 Å². The normalized spacial score (nSPS) is 23.9. The fourth-order valence-corrected chi connectivity index (χ4v) is 5.35. The molecule has 1 amide bonds. The zero-order valence-electron chi connectivity index (χ0n) is 18.5. The van der Waals surface area contributed by atoms with Crippen molar-refractivity contribution in [3.8, 4) is 0 Å². The number of rotatable bonds is 4. The van der Waals surface area contributed by atoms with Gasteiger partial charge in [0, 0.05) is 36.5 Å². The Morgan fingerprint density at radius 3 is 2.52 bits per heavy atom. The van der Waals surface area contributed by atoms with Crippen molar-refractivity contribution in [2.75, 3.05) is 29.9 Å². The van der Waals surface area contributed by atoms with Crippen LogP contribution in [-0.2, 0) is 17.9 Å². The molecule has 31 heavy (non-hydrogen) atoms. The third-order valence-electron chi connectivity index (χ3n) is 7.07. The second kappa shape index (κ2) is 8.52. The molecule has 2 aromatic rings. The number of anilines is 2.